The first-order valence-corrected chi connectivity index (χ1v) is 11.1. The van der Waals surface area contributed by atoms with Gasteiger partial charge >= 0.3 is 0 Å². The lowest BCUT2D eigenvalue weighted by molar-refractivity contribution is 0.641. The summed E-state index contributed by atoms with van der Waals surface area (Å²) in [5, 5.41) is 0. The van der Waals surface area contributed by atoms with Crippen molar-refractivity contribution in [1.82, 2.24) is 9.97 Å². The number of nitrogens with zero attached hydrogens (tertiary/aromatic N) is 2. The fourth-order valence-electron chi connectivity index (χ4n) is 5.10. The maximum Gasteiger partial charge on any atom is 0.0705 e. The molecule has 3 heterocycles. The summed E-state index contributed by atoms with van der Waals surface area (Å²) in [6.45, 7) is 6.93. The molecule has 152 valence electrons. The minimum atomic E-state index is -0.129. The number of benzene rings is 2. The van der Waals surface area contributed by atoms with Gasteiger partial charge in [0.2, 0.25) is 0 Å². The summed E-state index contributed by atoms with van der Waals surface area (Å²) >= 11 is 0. The smallest absolute Gasteiger partial charge is 0.0705 e. The van der Waals surface area contributed by atoms with Crippen LogP contribution < -0.4 is 0 Å². The van der Waals surface area contributed by atoms with Crippen molar-refractivity contribution >= 4 is 0 Å². The number of aromatic nitrogens is 2. The van der Waals surface area contributed by atoms with Gasteiger partial charge in [-0.2, -0.15) is 0 Å². The number of hydrogen-bond donors (Lipinski definition) is 0. The summed E-state index contributed by atoms with van der Waals surface area (Å²) in [6.07, 6.45) is 1.09. The normalized spacial score (nSPS) is 22.6. The zero-order valence-corrected chi connectivity index (χ0v) is 18.3. The lowest BCUT2D eigenvalue weighted by Crippen LogP contribution is -2.19. The molecule has 2 heteroatoms. The second-order valence-electron chi connectivity index (χ2n) is 9.82. The Kier molecular flexibility index (Phi) is 3.80. The van der Waals surface area contributed by atoms with E-state index in [1.165, 1.54) is 33.6 Å². The molecular weight excluding hydrogens is 376 g/mol. The molecule has 0 saturated heterocycles. The SMILES string of the molecule is CC1(C)c2cccc(c2)-c2cccc(n2)C2CC2(C)c2cccc(n2)-c2cccc1c2. The molecule has 0 N–H and O–H groups in total. The quantitative estimate of drug-likeness (QED) is 0.320. The maximum atomic E-state index is 5.14. The van der Waals surface area contributed by atoms with E-state index in [4.69, 9.17) is 9.97 Å². The first-order valence-electron chi connectivity index (χ1n) is 11.1. The predicted molar refractivity (Wildman–Crippen MR) is 126 cm³/mol. The van der Waals surface area contributed by atoms with E-state index < -0.39 is 0 Å². The summed E-state index contributed by atoms with van der Waals surface area (Å²) in [6, 6.07) is 30.7. The Morgan fingerprint density at radius 3 is 1.94 bits per heavy atom. The van der Waals surface area contributed by atoms with Crippen molar-refractivity contribution < 1.29 is 0 Å². The zero-order valence-electron chi connectivity index (χ0n) is 18.3. The van der Waals surface area contributed by atoms with E-state index >= 15 is 0 Å². The average Bonchev–Trinajstić information content (AvgIpc) is 3.52. The Morgan fingerprint density at radius 1 is 0.677 bits per heavy atom. The minimum absolute atomic E-state index is 0.0422. The summed E-state index contributed by atoms with van der Waals surface area (Å²) in [7, 11) is 0. The van der Waals surface area contributed by atoms with Crippen LogP contribution in [0, 0.1) is 0 Å². The fraction of sp³-hybridized carbons (Fsp3) is 0.241. The van der Waals surface area contributed by atoms with Crippen LogP contribution in [0.4, 0.5) is 0 Å². The van der Waals surface area contributed by atoms with E-state index in [0.29, 0.717) is 5.92 Å². The van der Waals surface area contributed by atoms with Gasteiger partial charge in [-0.1, -0.05) is 69.3 Å². The van der Waals surface area contributed by atoms with Crippen LogP contribution in [-0.2, 0) is 10.8 Å². The number of fused-ring (bicyclic) bond motifs is 13. The molecular formula is C29H26N2. The topological polar surface area (TPSA) is 25.8 Å². The van der Waals surface area contributed by atoms with E-state index in [1.54, 1.807) is 0 Å². The van der Waals surface area contributed by atoms with Gasteiger partial charge < -0.3 is 0 Å². The van der Waals surface area contributed by atoms with Gasteiger partial charge in [0.25, 0.3) is 0 Å². The molecule has 2 aliphatic rings. The lowest BCUT2D eigenvalue weighted by atomic mass is 9.77. The molecule has 8 bridgehead atoms. The third-order valence-electron chi connectivity index (χ3n) is 7.46. The number of pyridine rings is 2. The molecule has 2 atom stereocenters. The van der Waals surface area contributed by atoms with Gasteiger partial charge in [-0.25, -0.2) is 0 Å². The Balaban J connectivity index is 1.63. The van der Waals surface area contributed by atoms with E-state index in [1.807, 2.05) is 0 Å². The molecule has 31 heavy (non-hydrogen) atoms. The van der Waals surface area contributed by atoms with Crippen molar-refractivity contribution in [2.24, 2.45) is 0 Å². The first kappa shape index (κ1) is 18.5. The van der Waals surface area contributed by atoms with Crippen LogP contribution in [0.5, 0.6) is 0 Å². The second-order valence-corrected chi connectivity index (χ2v) is 9.82. The lowest BCUT2D eigenvalue weighted by Gasteiger charge is -2.27. The number of hydrogen-bond acceptors (Lipinski definition) is 2. The monoisotopic (exact) mass is 402 g/mol. The molecule has 2 nitrogen and oxygen atoms in total. The molecule has 2 aromatic carbocycles. The standard InChI is InChI=1S/C29H26N2/c1-28(2)21-10-4-8-19(16-21)24-12-6-14-26(30-24)23-18-29(23,3)27-15-7-13-25(31-27)20-9-5-11-22(28)17-20/h4-17,23H,18H2,1-3H3. The van der Waals surface area contributed by atoms with Gasteiger partial charge in [0, 0.05) is 39.3 Å². The molecule has 1 aliphatic heterocycles. The molecule has 6 rings (SSSR count). The summed E-state index contributed by atoms with van der Waals surface area (Å²) in [5.74, 6) is 0.409. The molecule has 0 radical (unpaired) electrons. The highest BCUT2D eigenvalue weighted by Crippen LogP contribution is 2.59. The average molecular weight is 403 g/mol. The van der Waals surface area contributed by atoms with Crippen molar-refractivity contribution in [3.63, 3.8) is 0 Å². The van der Waals surface area contributed by atoms with Crippen molar-refractivity contribution in [3.05, 3.63) is 107 Å². The highest BCUT2D eigenvalue weighted by molar-refractivity contribution is 5.65. The van der Waals surface area contributed by atoms with E-state index in [0.717, 1.165) is 17.8 Å². The molecule has 4 aromatic rings. The highest BCUT2D eigenvalue weighted by atomic mass is 14.8. The van der Waals surface area contributed by atoms with Crippen LogP contribution in [0.15, 0.2) is 84.9 Å². The van der Waals surface area contributed by atoms with Crippen LogP contribution in [0.25, 0.3) is 22.5 Å². The van der Waals surface area contributed by atoms with Crippen LogP contribution in [0.3, 0.4) is 0 Å². The van der Waals surface area contributed by atoms with E-state index in [9.17, 15) is 0 Å². The van der Waals surface area contributed by atoms with Crippen LogP contribution >= 0.6 is 0 Å². The Hall–Kier alpha value is -3.26. The zero-order chi connectivity index (χ0) is 21.2. The second kappa shape index (κ2) is 6.37. The molecule has 1 fully saturated rings. The molecule has 1 aliphatic carbocycles. The largest absolute Gasteiger partial charge is 0.253 e. The highest BCUT2D eigenvalue weighted by Gasteiger charge is 2.54. The number of rotatable bonds is 0. The molecule has 1 saturated carbocycles. The van der Waals surface area contributed by atoms with Gasteiger partial charge in [-0.15, -0.1) is 0 Å². The van der Waals surface area contributed by atoms with Gasteiger partial charge in [0.1, 0.15) is 0 Å². The summed E-state index contributed by atoms with van der Waals surface area (Å²) in [5.41, 5.74) is 9.30. The van der Waals surface area contributed by atoms with Crippen LogP contribution in [0.1, 0.15) is 55.6 Å². The Bertz CT molecular complexity index is 1320. The first-order chi connectivity index (χ1) is 14.9. The van der Waals surface area contributed by atoms with Crippen molar-refractivity contribution in [2.75, 3.05) is 0 Å². The van der Waals surface area contributed by atoms with Gasteiger partial charge in [0.05, 0.1) is 11.4 Å². The fourth-order valence-corrected chi connectivity index (χ4v) is 5.10. The van der Waals surface area contributed by atoms with Gasteiger partial charge in [0.15, 0.2) is 0 Å². The van der Waals surface area contributed by atoms with Crippen LogP contribution in [0.2, 0.25) is 0 Å². The molecule has 0 amide bonds. The molecule has 0 spiro atoms. The Morgan fingerprint density at radius 2 is 1.26 bits per heavy atom. The van der Waals surface area contributed by atoms with Crippen molar-refractivity contribution in [2.45, 2.75) is 43.9 Å². The molecule has 2 unspecified atom stereocenters. The van der Waals surface area contributed by atoms with Gasteiger partial charge in [-0.05, 0) is 53.9 Å². The van der Waals surface area contributed by atoms with Crippen LogP contribution in [-0.4, -0.2) is 9.97 Å². The van der Waals surface area contributed by atoms with E-state index in [2.05, 4.69) is 106 Å². The van der Waals surface area contributed by atoms with Crippen molar-refractivity contribution in [1.29, 1.82) is 0 Å². The Labute approximate surface area is 184 Å². The third kappa shape index (κ3) is 2.85. The van der Waals surface area contributed by atoms with E-state index in [-0.39, 0.29) is 10.8 Å². The third-order valence-corrected chi connectivity index (χ3v) is 7.46. The van der Waals surface area contributed by atoms with Gasteiger partial charge in [-0.3, -0.25) is 9.97 Å². The maximum absolute atomic E-state index is 5.14. The predicted octanol–water partition coefficient (Wildman–Crippen LogP) is 6.90. The summed E-state index contributed by atoms with van der Waals surface area (Å²) < 4.78 is 0. The minimum Gasteiger partial charge on any atom is -0.253 e. The summed E-state index contributed by atoms with van der Waals surface area (Å²) in [4.78, 5) is 10.3. The van der Waals surface area contributed by atoms with Crippen molar-refractivity contribution in [3.8, 4) is 22.5 Å². The molecule has 2 aromatic heterocycles.